The third kappa shape index (κ3) is 3.64. The van der Waals surface area contributed by atoms with E-state index >= 15 is 0 Å². The van der Waals surface area contributed by atoms with Crippen molar-refractivity contribution in [3.05, 3.63) is 18.2 Å². The van der Waals surface area contributed by atoms with Crippen molar-refractivity contribution in [1.29, 1.82) is 0 Å². The molecule has 1 aromatic heterocycles. The summed E-state index contributed by atoms with van der Waals surface area (Å²) in [6.45, 7) is 8.39. The molecular weight excluding hydrogens is 264 g/mol. The first-order valence-corrected chi connectivity index (χ1v) is 8.20. The van der Waals surface area contributed by atoms with Crippen molar-refractivity contribution < 1.29 is 4.79 Å². The minimum Gasteiger partial charge on any atom is -0.341 e. The molecule has 3 rings (SSSR count). The summed E-state index contributed by atoms with van der Waals surface area (Å²) in [5, 5.41) is 0. The standard InChI is InChI=1S/C16H26N4O/c1-14-17-6-9-20(14)13-15-4-2-7-18(12-15)10-11-19-8-3-5-16(19)21/h6,9,15H,2-5,7-8,10-13H2,1H3/t15-/m1/s1. The lowest BCUT2D eigenvalue weighted by molar-refractivity contribution is -0.127. The zero-order chi connectivity index (χ0) is 14.7. The summed E-state index contributed by atoms with van der Waals surface area (Å²) in [7, 11) is 0. The van der Waals surface area contributed by atoms with E-state index in [2.05, 4.69) is 27.6 Å². The van der Waals surface area contributed by atoms with Gasteiger partial charge in [-0.15, -0.1) is 0 Å². The Kier molecular flexibility index (Phi) is 4.58. The van der Waals surface area contributed by atoms with Gasteiger partial charge in [-0.3, -0.25) is 4.79 Å². The number of amides is 1. The minimum absolute atomic E-state index is 0.345. The molecule has 3 heterocycles. The van der Waals surface area contributed by atoms with Gasteiger partial charge in [0.1, 0.15) is 5.82 Å². The average Bonchev–Trinajstić information content (AvgIpc) is 3.07. The summed E-state index contributed by atoms with van der Waals surface area (Å²) in [5.41, 5.74) is 0. The molecule has 2 aliphatic rings. The van der Waals surface area contributed by atoms with E-state index in [1.807, 2.05) is 11.1 Å². The quantitative estimate of drug-likeness (QED) is 0.826. The number of hydrogen-bond acceptors (Lipinski definition) is 3. The monoisotopic (exact) mass is 290 g/mol. The number of piperidine rings is 1. The summed E-state index contributed by atoms with van der Waals surface area (Å²) in [6, 6.07) is 0. The molecule has 1 atom stereocenters. The number of aromatic nitrogens is 2. The Bertz CT molecular complexity index is 484. The van der Waals surface area contributed by atoms with Crippen molar-refractivity contribution in [3.8, 4) is 0 Å². The molecule has 2 fully saturated rings. The fraction of sp³-hybridized carbons (Fsp3) is 0.750. The van der Waals surface area contributed by atoms with Crippen molar-refractivity contribution in [1.82, 2.24) is 19.4 Å². The summed E-state index contributed by atoms with van der Waals surface area (Å²) in [5.74, 6) is 2.16. The van der Waals surface area contributed by atoms with E-state index in [0.29, 0.717) is 11.8 Å². The second-order valence-corrected chi connectivity index (χ2v) is 6.42. The molecule has 1 amide bonds. The number of nitrogens with zero attached hydrogens (tertiary/aromatic N) is 4. The lowest BCUT2D eigenvalue weighted by atomic mass is 9.98. The Balaban J connectivity index is 1.47. The maximum absolute atomic E-state index is 11.7. The van der Waals surface area contributed by atoms with Crippen LogP contribution in [0.25, 0.3) is 0 Å². The summed E-state index contributed by atoms with van der Waals surface area (Å²) in [4.78, 5) is 20.5. The number of rotatable bonds is 5. The number of carbonyl (C=O) groups is 1. The second kappa shape index (κ2) is 6.60. The van der Waals surface area contributed by atoms with Gasteiger partial charge in [0, 0.05) is 51.5 Å². The van der Waals surface area contributed by atoms with Gasteiger partial charge >= 0.3 is 0 Å². The largest absolute Gasteiger partial charge is 0.341 e. The molecule has 5 nitrogen and oxygen atoms in total. The maximum atomic E-state index is 11.7. The van der Waals surface area contributed by atoms with Gasteiger partial charge in [0.05, 0.1) is 0 Å². The topological polar surface area (TPSA) is 41.4 Å². The molecule has 5 heteroatoms. The van der Waals surface area contributed by atoms with Crippen molar-refractivity contribution in [3.63, 3.8) is 0 Å². The molecular formula is C16H26N4O. The van der Waals surface area contributed by atoms with Crippen molar-refractivity contribution in [2.24, 2.45) is 5.92 Å². The number of carbonyl (C=O) groups excluding carboxylic acids is 1. The third-order valence-electron chi connectivity index (χ3n) is 4.84. The minimum atomic E-state index is 0.345. The van der Waals surface area contributed by atoms with Gasteiger partial charge in [0.15, 0.2) is 0 Å². The van der Waals surface area contributed by atoms with E-state index in [-0.39, 0.29) is 0 Å². The molecule has 2 saturated heterocycles. The van der Waals surface area contributed by atoms with Crippen LogP contribution in [0.2, 0.25) is 0 Å². The summed E-state index contributed by atoms with van der Waals surface area (Å²) < 4.78 is 2.26. The van der Waals surface area contributed by atoms with Gasteiger partial charge in [0.2, 0.25) is 5.91 Å². The third-order valence-corrected chi connectivity index (χ3v) is 4.84. The van der Waals surface area contributed by atoms with Gasteiger partial charge in [-0.2, -0.15) is 0 Å². The van der Waals surface area contributed by atoms with Crippen LogP contribution < -0.4 is 0 Å². The number of likely N-dealkylation sites (tertiary alicyclic amines) is 2. The first-order chi connectivity index (χ1) is 10.2. The van der Waals surface area contributed by atoms with Crippen molar-refractivity contribution in [2.75, 3.05) is 32.7 Å². The Morgan fingerprint density at radius 2 is 2.19 bits per heavy atom. The van der Waals surface area contributed by atoms with Crippen LogP contribution >= 0.6 is 0 Å². The maximum Gasteiger partial charge on any atom is 0.222 e. The molecule has 1 aromatic rings. The van der Waals surface area contributed by atoms with Crippen LogP contribution in [0.5, 0.6) is 0 Å². The first-order valence-electron chi connectivity index (χ1n) is 8.20. The zero-order valence-corrected chi connectivity index (χ0v) is 13.0. The Morgan fingerprint density at radius 3 is 2.90 bits per heavy atom. The molecule has 0 aliphatic carbocycles. The van der Waals surface area contributed by atoms with Crippen LogP contribution in [-0.2, 0) is 11.3 Å². The first kappa shape index (κ1) is 14.6. The molecule has 0 spiro atoms. The second-order valence-electron chi connectivity index (χ2n) is 6.42. The van der Waals surface area contributed by atoms with Crippen LogP contribution in [0.15, 0.2) is 12.4 Å². The predicted octanol–water partition coefficient (Wildman–Crippen LogP) is 1.53. The van der Waals surface area contributed by atoms with Gasteiger partial charge < -0.3 is 14.4 Å². The Labute approximate surface area is 126 Å². The molecule has 116 valence electrons. The molecule has 0 N–H and O–H groups in total. The summed E-state index contributed by atoms with van der Waals surface area (Å²) >= 11 is 0. The molecule has 0 aromatic carbocycles. The van der Waals surface area contributed by atoms with E-state index in [1.165, 1.54) is 19.4 Å². The smallest absolute Gasteiger partial charge is 0.222 e. The SMILES string of the molecule is Cc1nccn1C[C@@H]1CCCN(CCN2CCCC2=O)C1. The Hall–Kier alpha value is -1.36. The van der Waals surface area contributed by atoms with Crippen molar-refractivity contribution >= 4 is 5.91 Å². The molecule has 21 heavy (non-hydrogen) atoms. The van der Waals surface area contributed by atoms with Gasteiger partial charge in [-0.05, 0) is 38.6 Å². The fourth-order valence-corrected chi connectivity index (χ4v) is 3.58. The number of aryl methyl sites for hydroxylation is 1. The highest BCUT2D eigenvalue weighted by Gasteiger charge is 2.23. The molecule has 0 bridgehead atoms. The van der Waals surface area contributed by atoms with E-state index in [0.717, 1.165) is 51.4 Å². The van der Waals surface area contributed by atoms with Gasteiger partial charge in [-0.1, -0.05) is 0 Å². The van der Waals surface area contributed by atoms with E-state index in [4.69, 9.17) is 0 Å². The molecule has 0 radical (unpaired) electrons. The van der Waals surface area contributed by atoms with E-state index < -0.39 is 0 Å². The van der Waals surface area contributed by atoms with Crippen molar-refractivity contribution in [2.45, 2.75) is 39.2 Å². The van der Waals surface area contributed by atoms with Crippen LogP contribution in [-0.4, -0.2) is 58.0 Å². The predicted molar refractivity (Wildman–Crippen MR) is 81.9 cm³/mol. The van der Waals surface area contributed by atoms with Crippen LogP contribution in [0.1, 0.15) is 31.5 Å². The summed E-state index contributed by atoms with van der Waals surface area (Å²) in [6.07, 6.45) is 8.33. The van der Waals surface area contributed by atoms with Crippen LogP contribution in [0.3, 0.4) is 0 Å². The van der Waals surface area contributed by atoms with E-state index in [1.54, 1.807) is 0 Å². The van der Waals surface area contributed by atoms with Crippen LogP contribution in [0, 0.1) is 12.8 Å². The van der Waals surface area contributed by atoms with E-state index in [9.17, 15) is 4.79 Å². The van der Waals surface area contributed by atoms with Gasteiger partial charge in [-0.25, -0.2) is 4.98 Å². The molecule has 0 unspecified atom stereocenters. The molecule has 0 saturated carbocycles. The lowest BCUT2D eigenvalue weighted by Crippen LogP contribution is -2.42. The number of imidazole rings is 1. The highest BCUT2D eigenvalue weighted by molar-refractivity contribution is 5.78. The highest BCUT2D eigenvalue weighted by atomic mass is 16.2. The number of hydrogen-bond donors (Lipinski definition) is 0. The Morgan fingerprint density at radius 1 is 1.29 bits per heavy atom. The average molecular weight is 290 g/mol. The highest BCUT2D eigenvalue weighted by Crippen LogP contribution is 2.19. The molecule has 2 aliphatic heterocycles. The zero-order valence-electron chi connectivity index (χ0n) is 13.0. The lowest BCUT2D eigenvalue weighted by Gasteiger charge is -2.34. The van der Waals surface area contributed by atoms with Crippen LogP contribution in [0.4, 0.5) is 0 Å². The fourth-order valence-electron chi connectivity index (χ4n) is 3.58. The van der Waals surface area contributed by atoms with Gasteiger partial charge in [0.25, 0.3) is 0 Å². The normalized spacial score (nSPS) is 24.0.